The van der Waals surface area contributed by atoms with Gasteiger partial charge in [-0.15, -0.1) is 23.5 Å². The van der Waals surface area contributed by atoms with Crippen LogP contribution < -0.4 is 4.74 Å². The smallest absolute Gasteiger partial charge is 0.140 e. The Morgan fingerprint density at radius 1 is 0.778 bits per heavy atom. The van der Waals surface area contributed by atoms with Crippen LogP contribution in [0.25, 0.3) is 11.1 Å². The highest BCUT2D eigenvalue weighted by molar-refractivity contribution is 7.99. The molecule has 4 heteroatoms. The third-order valence-corrected chi connectivity index (χ3v) is 7.54. The molecule has 2 aliphatic carbocycles. The van der Waals surface area contributed by atoms with Gasteiger partial charge in [0.05, 0.1) is 12.0 Å². The number of hydrogen-bond acceptors (Lipinski definition) is 4. The maximum absolute atomic E-state index is 11.3. The molecule has 1 N–H and O–H groups in total. The van der Waals surface area contributed by atoms with E-state index in [1.165, 1.54) is 58.4 Å². The number of aryl methyl sites for hydroxylation is 2. The van der Waals surface area contributed by atoms with E-state index in [-0.39, 0.29) is 0 Å². The van der Waals surface area contributed by atoms with Crippen LogP contribution in [0.15, 0.2) is 21.9 Å². The van der Waals surface area contributed by atoms with Crippen LogP contribution in [0.4, 0.5) is 0 Å². The molecule has 0 aromatic heterocycles. The molecule has 4 rings (SSSR count). The average molecular weight is 401 g/mol. The van der Waals surface area contributed by atoms with Gasteiger partial charge in [-0.2, -0.15) is 0 Å². The lowest BCUT2D eigenvalue weighted by Crippen LogP contribution is -2.11. The lowest BCUT2D eigenvalue weighted by atomic mass is 9.80. The van der Waals surface area contributed by atoms with Crippen molar-refractivity contribution in [3.63, 3.8) is 0 Å². The summed E-state index contributed by atoms with van der Waals surface area (Å²) >= 11 is 3.38. The van der Waals surface area contributed by atoms with Crippen molar-refractivity contribution < 1.29 is 9.84 Å². The van der Waals surface area contributed by atoms with Crippen molar-refractivity contribution in [3.05, 3.63) is 34.4 Å². The first-order chi connectivity index (χ1) is 13.2. The molecule has 0 atom stereocenters. The van der Waals surface area contributed by atoms with E-state index in [1.807, 2.05) is 0 Å². The van der Waals surface area contributed by atoms with Crippen molar-refractivity contribution in [2.45, 2.75) is 61.2 Å². The molecule has 2 aliphatic rings. The zero-order chi connectivity index (χ0) is 19.0. The molecule has 0 spiro atoms. The Bertz CT molecular complexity index is 859. The molecule has 0 radical (unpaired) electrons. The summed E-state index contributed by atoms with van der Waals surface area (Å²) in [6.45, 7) is 0. The monoisotopic (exact) mass is 400 g/mol. The van der Waals surface area contributed by atoms with Gasteiger partial charge in [0, 0.05) is 16.0 Å². The fraction of sp³-hybridized carbons (Fsp3) is 0.478. The first-order valence-electron chi connectivity index (χ1n) is 9.88. The lowest BCUT2D eigenvalue weighted by molar-refractivity contribution is 0.404. The molecule has 0 aliphatic heterocycles. The minimum atomic E-state index is 0.451. The van der Waals surface area contributed by atoms with Gasteiger partial charge in [-0.1, -0.05) is 0 Å². The van der Waals surface area contributed by atoms with E-state index in [2.05, 4.69) is 24.6 Å². The van der Waals surface area contributed by atoms with Crippen molar-refractivity contribution in [2.24, 2.45) is 0 Å². The van der Waals surface area contributed by atoms with Crippen LogP contribution in [-0.2, 0) is 25.7 Å². The molecule has 0 bridgehead atoms. The summed E-state index contributed by atoms with van der Waals surface area (Å²) in [7, 11) is 1.77. The number of aromatic hydroxyl groups is 1. The van der Waals surface area contributed by atoms with Gasteiger partial charge >= 0.3 is 0 Å². The van der Waals surface area contributed by atoms with Crippen LogP contribution in [0.3, 0.4) is 0 Å². The van der Waals surface area contributed by atoms with Gasteiger partial charge in [-0.05, 0) is 98.3 Å². The Morgan fingerprint density at radius 2 is 1.30 bits per heavy atom. The van der Waals surface area contributed by atoms with E-state index in [0.717, 1.165) is 41.9 Å². The largest absolute Gasteiger partial charge is 0.506 e. The number of hydrogen-bond donors (Lipinski definition) is 1. The van der Waals surface area contributed by atoms with Gasteiger partial charge in [-0.25, -0.2) is 0 Å². The number of fused-ring (bicyclic) bond motifs is 2. The third-order valence-electron chi connectivity index (χ3n) is 6.05. The first-order valence-corrected chi connectivity index (χ1v) is 12.3. The standard InChI is InChI=1S/C23H28O2S2/c1-25-23-19(27-3)13-15-9-5-7-11-17(15)21(23)20-16-10-6-4-8-14(16)12-18(26-2)22(20)24/h12-13,24H,4-11H2,1-3H3. The average Bonchev–Trinajstić information content (AvgIpc) is 2.72. The van der Waals surface area contributed by atoms with Gasteiger partial charge in [0.25, 0.3) is 0 Å². The molecular formula is C23H28O2S2. The number of phenolic OH excluding ortho intramolecular Hbond substituents is 1. The molecule has 2 nitrogen and oxygen atoms in total. The van der Waals surface area contributed by atoms with Gasteiger partial charge in [0.2, 0.25) is 0 Å². The summed E-state index contributed by atoms with van der Waals surface area (Å²) in [4.78, 5) is 2.18. The highest BCUT2D eigenvalue weighted by Gasteiger charge is 2.28. The van der Waals surface area contributed by atoms with Gasteiger partial charge in [0.15, 0.2) is 0 Å². The second-order valence-electron chi connectivity index (χ2n) is 7.48. The Morgan fingerprint density at radius 3 is 1.85 bits per heavy atom. The predicted molar refractivity (Wildman–Crippen MR) is 117 cm³/mol. The fourth-order valence-corrected chi connectivity index (χ4v) is 5.95. The minimum absolute atomic E-state index is 0.451. The quantitative estimate of drug-likeness (QED) is 0.613. The molecular weight excluding hydrogens is 372 g/mol. The summed E-state index contributed by atoms with van der Waals surface area (Å²) in [6, 6.07) is 4.54. The molecule has 0 amide bonds. The van der Waals surface area contributed by atoms with Crippen molar-refractivity contribution in [3.8, 4) is 22.6 Å². The van der Waals surface area contributed by atoms with E-state index < -0.39 is 0 Å². The van der Waals surface area contributed by atoms with Crippen molar-refractivity contribution >= 4 is 23.5 Å². The summed E-state index contributed by atoms with van der Waals surface area (Å²) in [6.07, 6.45) is 13.4. The van der Waals surface area contributed by atoms with Crippen molar-refractivity contribution in [1.29, 1.82) is 0 Å². The predicted octanol–water partition coefficient (Wildman–Crippen LogP) is 6.27. The first kappa shape index (κ1) is 19.1. The minimum Gasteiger partial charge on any atom is -0.506 e. The normalized spacial score (nSPS) is 16.0. The number of rotatable bonds is 4. The summed E-state index contributed by atoms with van der Waals surface area (Å²) in [5, 5.41) is 11.3. The fourth-order valence-electron chi connectivity index (χ4n) is 4.77. The topological polar surface area (TPSA) is 29.5 Å². The Labute approximate surface area is 171 Å². The number of methoxy groups -OCH3 is 1. The number of thioether (sulfide) groups is 2. The summed E-state index contributed by atoms with van der Waals surface area (Å²) < 4.78 is 5.97. The van der Waals surface area contributed by atoms with Crippen LogP contribution in [0, 0.1) is 0 Å². The second-order valence-corrected chi connectivity index (χ2v) is 9.18. The van der Waals surface area contributed by atoms with Crippen molar-refractivity contribution in [2.75, 3.05) is 19.6 Å². The number of ether oxygens (including phenoxy) is 1. The molecule has 0 unspecified atom stereocenters. The van der Waals surface area contributed by atoms with Gasteiger partial charge in [-0.3, -0.25) is 0 Å². The second kappa shape index (κ2) is 8.00. The van der Waals surface area contributed by atoms with Crippen LogP contribution in [0.1, 0.15) is 47.9 Å². The molecule has 0 saturated carbocycles. The maximum atomic E-state index is 11.3. The van der Waals surface area contributed by atoms with Gasteiger partial charge < -0.3 is 9.84 Å². The summed E-state index contributed by atoms with van der Waals surface area (Å²) in [5.41, 5.74) is 7.84. The zero-order valence-corrected chi connectivity index (χ0v) is 18.1. The van der Waals surface area contributed by atoms with Gasteiger partial charge in [0.1, 0.15) is 11.5 Å². The highest BCUT2D eigenvalue weighted by atomic mass is 32.2. The molecule has 0 fully saturated rings. The van der Waals surface area contributed by atoms with E-state index in [0.29, 0.717) is 5.75 Å². The van der Waals surface area contributed by atoms with Crippen LogP contribution >= 0.6 is 23.5 Å². The Kier molecular flexibility index (Phi) is 5.65. The van der Waals surface area contributed by atoms with E-state index in [9.17, 15) is 5.11 Å². The van der Waals surface area contributed by atoms with Crippen LogP contribution in [-0.4, -0.2) is 24.7 Å². The van der Waals surface area contributed by atoms with E-state index in [4.69, 9.17) is 4.74 Å². The Hall–Kier alpha value is -1.26. The zero-order valence-electron chi connectivity index (χ0n) is 16.5. The molecule has 0 heterocycles. The van der Waals surface area contributed by atoms with Crippen LogP contribution in [0.2, 0.25) is 0 Å². The summed E-state index contributed by atoms with van der Waals surface area (Å²) in [5.74, 6) is 1.40. The van der Waals surface area contributed by atoms with Crippen LogP contribution in [0.5, 0.6) is 11.5 Å². The number of phenols is 1. The van der Waals surface area contributed by atoms with E-state index >= 15 is 0 Å². The van der Waals surface area contributed by atoms with Crippen molar-refractivity contribution in [1.82, 2.24) is 0 Å². The molecule has 27 heavy (non-hydrogen) atoms. The lowest BCUT2D eigenvalue weighted by Gasteiger charge is -2.28. The maximum Gasteiger partial charge on any atom is 0.140 e. The Balaban J connectivity index is 2.09. The molecule has 2 aromatic carbocycles. The molecule has 144 valence electrons. The third kappa shape index (κ3) is 3.25. The highest BCUT2D eigenvalue weighted by Crippen LogP contribution is 2.51. The number of benzene rings is 2. The SMILES string of the molecule is COc1c(SC)cc2c(c1-c1c(O)c(SC)cc3c1CCCC3)CCCC2. The molecule has 0 saturated heterocycles. The molecule has 2 aromatic rings. The van der Waals surface area contributed by atoms with E-state index in [1.54, 1.807) is 30.6 Å².